The summed E-state index contributed by atoms with van der Waals surface area (Å²) in [6, 6.07) is 7.76. The van der Waals surface area contributed by atoms with Crippen molar-refractivity contribution in [3.8, 4) is 0 Å². The minimum Gasteiger partial charge on any atom is -0.479 e. The quantitative estimate of drug-likeness (QED) is 0.747. The Morgan fingerprint density at radius 3 is 2.23 bits per heavy atom. The molecule has 0 saturated heterocycles. The van der Waals surface area contributed by atoms with Gasteiger partial charge in [0.05, 0.1) is 0 Å². The lowest BCUT2D eigenvalue weighted by atomic mass is 9.95. The summed E-state index contributed by atoms with van der Waals surface area (Å²) in [7, 11) is -2.16. The van der Waals surface area contributed by atoms with E-state index in [9.17, 15) is 9.90 Å². The van der Waals surface area contributed by atoms with Crippen LogP contribution in [0.25, 0.3) is 0 Å². The van der Waals surface area contributed by atoms with Gasteiger partial charge in [-0.3, -0.25) is 0 Å². The van der Waals surface area contributed by atoms with Crippen molar-refractivity contribution in [2.24, 2.45) is 5.92 Å². The molecule has 0 saturated carbocycles. The van der Waals surface area contributed by atoms with Gasteiger partial charge < -0.3 is 9.53 Å². The number of rotatable bonds is 6. The fraction of sp³-hybridized carbons (Fsp3) is 0.611. The second kappa shape index (κ2) is 6.96. The van der Waals surface area contributed by atoms with E-state index in [0.29, 0.717) is 5.92 Å². The average Bonchev–Trinajstić information content (AvgIpc) is 2.34. The molecule has 1 rings (SSSR count). The van der Waals surface area contributed by atoms with Crippen LogP contribution in [-0.2, 0) is 15.6 Å². The Bertz CT molecular complexity index is 515. The second-order valence-corrected chi connectivity index (χ2v) is 12.6. The van der Waals surface area contributed by atoms with Gasteiger partial charge in [-0.2, -0.15) is 0 Å². The van der Waals surface area contributed by atoms with Crippen molar-refractivity contribution in [1.82, 2.24) is 0 Å². The highest BCUT2D eigenvalue weighted by atomic mass is 28.4. The molecule has 0 aliphatic carbocycles. The summed E-state index contributed by atoms with van der Waals surface area (Å²) in [5, 5.41) is 9.69. The largest absolute Gasteiger partial charge is 0.479 e. The van der Waals surface area contributed by atoms with Gasteiger partial charge >= 0.3 is 5.97 Å². The second-order valence-electron chi connectivity index (χ2n) is 7.89. The van der Waals surface area contributed by atoms with E-state index in [2.05, 4.69) is 47.7 Å². The summed E-state index contributed by atoms with van der Waals surface area (Å²) in [6.45, 7) is 14.8. The van der Waals surface area contributed by atoms with Gasteiger partial charge in [-0.1, -0.05) is 58.9 Å². The van der Waals surface area contributed by atoms with Crippen LogP contribution in [0.2, 0.25) is 18.1 Å². The van der Waals surface area contributed by atoms with E-state index in [0.717, 1.165) is 17.5 Å². The lowest BCUT2D eigenvalue weighted by Crippen LogP contribution is -2.43. The van der Waals surface area contributed by atoms with Gasteiger partial charge in [0.2, 0.25) is 0 Å². The van der Waals surface area contributed by atoms with Crippen molar-refractivity contribution in [1.29, 1.82) is 0 Å². The first kappa shape index (κ1) is 18.9. The van der Waals surface area contributed by atoms with Crippen LogP contribution in [0.3, 0.4) is 0 Å². The fourth-order valence-electron chi connectivity index (χ4n) is 2.13. The van der Waals surface area contributed by atoms with Crippen molar-refractivity contribution in [3.63, 3.8) is 0 Å². The fourth-order valence-corrected chi connectivity index (χ4v) is 3.30. The third kappa shape index (κ3) is 4.68. The predicted octanol–water partition coefficient (Wildman–Crippen LogP) is 5.03. The monoisotopic (exact) mass is 322 g/mol. The molecule has 1 N–H and O–H groups in total. The third-order valence-electron chi connectivity index (χ3n) is 4.41. The van der Waals surface area contributed by atoms with Gasteiger partial charge in [0.1, 0.15) is 0 Å². The average molecular weight is 323 g/mol. The third-order valence-corrected chi connectivity index (χ3v) is 8.85. The molecular formula is C18H30O3Si. The Morgan fingerprint density at radius 2 is 1.77 bits per heavy atom. The van der Waals surface area contributed by atoms with Gasteiger partial charge in [-0.25, -0.2) is 4.79 Å². The SMILES string of the molecule is CC(C)Cc1ccccc1C(O[Si](C)(C)C(C)(C)C)C(=O)O. The molecule has 0 amide bonds. The molecule has 124 valence electrons. The molecule has 1 aromatic carbocycles. The molecule has 0 aliphatic heterocycles. The number of hydrogen-bond donors (Lipinski definition) is 1. The van der Waals surface area contributed by atoms with Crippen LogP contribution in [0, 0.1) is 5.92 Å². The van der Waals surface area contributed by atoms with Crippen LogP contribution < -0.4 is 0 Å². The maximum atomic E-state index is 11.8. The smallest absolute Gasteiger partial charge is 0.336 e. The summed E-state index contributed by atoms with van der Waals surface area (Å²) in [6.07, 6.45) is -0.0169. The van der Waals surface area contributed by atoms with Gasteiger partial charge in [0.15, 0.2) is 14.4 Å². The van der Waals surface area contributed by atoms with E-state index < -0.39 is 20.4 Å². The van der Waals surface area contributed by atoms with Crippen LogP contribution in [-0.4, -0.2) is 19.4 Å². The first-order valence-corrected chi connectivity index (χ1v) is 10.8. The normalized spacial score (nSPS) is 14.2. The number of hydrogen-bond acceptors (Lipinski definition) is 2. The van der Waals surface area contributed by atoms with E-state index in [1.54, 1.807) is 0 Å². The first-order valence-electron chi connectivity index (χ1n) is 7.94. The van der Waals surface area contributed by atoms with E-state index >= 15 is 0 Å². The molecule has 0 spiro atoms. The summed E-state index contributed by atoms with van der Waals surface area (Å²) in [5.74, 6) is -0.426. The molecule has 0 heterocycles. The van der Waals surface area contributed by atoms with E-state index in [1.165, 1.54) is 0 Å². The maximum absolute atomic E-state index is 11.8. The number of carboxylic acids is 1. The maximum Gasteiger partial charge on any atom is 0.336 e. The Hall–Kier alpha value is -1.13. The first-order chi connectivity index (χ1) is 9.95. The van der Waals surface area contributed by atoms with Crippen molar-refractivity contribution >= 4 is 14.3 Å². The number of benzene rings is 1. The Kier molecular flexibility index (Phi) is 5.99. The molecule has 0 fully saturated rings. The highest BCUT2D eigenvalue weighted by Gasteiger charge is 2.41. The van der Waals surface area contributed by atoms with Crippen LogP contribution >= 0.6 is 0 Å². The minimum atomic E-state index is -2.16. The standard InChI is InChI=1S/C18H30O3Si/c1-13(2)12-14-10-8-9-11-15(14)16(17(19)20)21-22(6,7)18(3,4)5/h8-11,13,16H,12H2,1-7H3,(H,19,20). The van der Waals surface area contributed by atoms with Gasteiger partial charge in [0, 0.05) is 0 Å². The molecule has 1 aromatic rings. The molecule has 0 bridgehead atoms. The van der Waals surface area contributed by atoms with E-state index in [1.807, 2.05) is 24.3 Å². The summed E-state index contributed by atoms with van der Waals surface area (Å²) in [5.41, 5.74) is 1.87. The van der Waals surface area contributed by atoms with Crippen LogP contribution in [0.15, 0.2) is 24.3 Å². The number of carbonyl (C=O) groups is 1. The van der Waals surface area contributed by atoms with Crippen LogP contribution in [0.5, 0.6) is 0 Å². The molecule has 4 heteroatoms. The molecule has 1 atom stereocenters. The number of aliphatic carboxylic acids is 1. The van der Waals surface area contributed by atoms with E-state index in [4.69, 9.17) is 4.43 Å². The zero-order valence-corrected chi connectivity index (χ0v) is 15.9. The van der Waals surface area contributed by atoms with Gasteiger partial charge in [0.25, 0.3) is 0 Å². The van der Waals surface area contributed by atoms with E-state index in [-0.39, 0.29) is 5.04 Å². The summed E-state index contributed by atoms with van der Waals surface area (Å²) >= 11 is 0. The molecule has 22 heavy (non-hydrogen) atoms. The Morgan fingerprint density at radius 1 is 1.23 bits per heavy atom. The van der Waals surface area contributed by atoms with Crippen molar-refractivity contribution in [2.75, 3.05) is 0 Å². The summed E-state index contributed by atoms with van der Waals surface area (Å²) < 4.78 is 6.21. The molecule has 0 aromatic heterocycles. The molecular weight excluding hydrogens is 292 g/mol. The lowest BCUT2D eigenvalue weighted by Gasteiger charge is -2.38. The molecule has 1 unspecified atom stereocenters. The number of carboxylic acid groups (broad SMARTS) is 1. The zero-order valence-electron chi connectivity index (χ0n) is 14.9. The van der Waals surface area contributed by atoms with Gasteiger partial charge in [-0.15, -0.1) is 0 Å². The lowest BCUT2D eigenvalue weighted by molar-refractivity contribution is -0.146. The van der Waals surface area contributed by atoms with Crippen molar-refractivity contribution in [3.05, 3.63) is 35.4 Å². The topological polar surface area (TPSA) is 46.5 Å². The Labute approximate surface area is 135 Å². The predicted molar refractivity (Wildman–Crippen MR) is 93.6 cm³/mol. The highest BCUT2D eigenvalue weighted by Crippen LogP contribution is 2.40. The molecule has 3 nitrogen and oxygen atoms in total. The Balaban J connectivity index is 3.20. The molecule has 0 aliphatic rings. The minimum absolute atomic E-state index is 0.0201. The van der Waals surface area contributed by atoms with Crippen molar-refractivity contribution < 1.29 is 14.3 Å². The van der Waals surface area contributed by atoms with Gasteiger partial charge in [-0.05, 0) is 41.6 Å². The zero-order chi connectivity index (χ0) is 17.1. The van der Waals surface area contributed by atoms with Crippen LogP contribution in [0.1, 0.15) is 51.8 Å². The van der Waals surface area contributed by atoms with Crippen LogP contribution in [0.4, 0.5) is 0 Å². The molecule has 0 radical (unpaired) electrons. The summed E-state index contributed by atoms with van der Waals surface area (Å²) in [4.78, 5) is 11.8. The van der Waals surface area contributed by atoms with Crippen molar-refractivity contribution in [2.45, 2.75) is 65.3 Å². The highest BCUT2D eigenvalue weighted by molar-refractivity contribution is 6.74.